The van der Waals surface area contributed by atoms with E-state index in [0.29, 0.717) is 5.02 Å². The van der Waals surface area contributed by atoms with Gasteiger partial charge in [0.1, 0.15) is 11.5 Å². The third kappa shape index (κ3) is 2.95. The van der Waals surface area contributed by atoms with E-state index in [-0.39, 0.29) is 17.1 Å². The topological polar surface area (TPSA) is 68.0 Å². The van der Waals surface area contributed by atoms with E-state index in [1.165, 1.54) is 24.4 Å². The maximum absolute atomic E-state index is 13.1. The molecule has 0 saturated heterocycles. The Morgan fingerprint density at radius 2 is 2.11 bits per heavy atom. The molecule has 0 saturated carbocycles. The van der Waals surface area contributed by atoms with Crippen molar-refractivity contribution in [2.24, 2.45) is 0 Å². The predicted molar refractivity (Wildman–Crippen MR) is 68.0 cm³/mol. The van der Waals surface area contributed by atoms with E-state index < -0.39 is 11.7 Å². The van der Waals surface area contributed by atoms with Crippen molar-refractivity contribution >= 4 is 28.9 Å². The molecule has 0 radical (unpaired) electrons. The van der Waals surface area contributed by atoms with Crippen LogP contribution in [0.1, 0.15) is 10.5 Å². The summed E-state index contributed by atoms with van der Waals surface area (Å²) in [7, 11) is 0. The summed E-state index contributed by atoms with van der Waals surface area (Å²) in [5, 5.41) is 2.93. The van der Waals surface area contributed by atoms with Gasteiger partial charge < -0.3 is 11.1 Å². The van der Waals surface area contributed by atoms with Gasteiger partial charge in [0, 0.05) is 17.6 Å². The molecule has 0 spiro atoms. The number of nitrogen functional groups attached to an aromatic ring is 1. The molecule has 3 N–H and O–H groups in total. The minimum atomic E-state index is -0.519. The molecule has 1 amide bonds. The summed E-state index contributed by atoms with van der Waals surface area (Å²) in [4.78, 5) is 15.6. The Bertz CT molecular complexity index is 566. The first-order valence-corrected chi connectivity index (χ1v) is 5.41. The fourth-order valence-electron chi connectivity index (χ4n) is 1.39. The summed E-state index contributed by atoms with van der Waals surface area (Å²) < 4.78 is 13.1. The molecule has 0 bridgehead atoms. The predicted octanol–water partition coefficient (Wildman–Crippen LogP) is 2.71. The third-order valence-electron chi connectivity index (χ3n) is 2.14. The van der Waals surface area contributed by atoms with Crippen LogP contribution in [0.4, 0.5) is 15.8 Å². The summed E-state index contributed by atoms with van der Waals surface area (Å²) in [6.07, 6.45) is 1.36. The third-order valence-corrected chi connectivity index (χ3v) is 2.36. The molecule has 0 aliphatic carbocycles. The highest BCUT2D eigenvalue weighted by molar-refractivity contribution is 6.30. The number of hydrogen-bond acceptors (Lipinski definition) is 3. The number of pyridine rings is 1. The number of nitrogens with two attached hydrogens (primary N) is 1. The molecule has 0 fully saturated rings. The quantitative estimate of drug-likeness (QED) is 0.821. The van der Waals surface area contributed by atoms with Crippen molar-refractivity contribution in [2.45, 2.75) is 0 Å². The lowest BCUT2D eigenvalue weighted by atomic mass is 10.2. The second-order valence-corrected chi connectivity index (χ2v) is 4.03. The van der Waals surface area contributed by atoms with Crippen LogP contribution in [0.5, 0.6) is 0 Å². The number of anilines is 2. The van der Waals surface area contributed by atoms with Crippen LogP contribution in [0.2, 0.25) is 5.02 Å². The number of halogens is 2. The lowest BCUT2D eigenvalue weighted by Gasteiger charge is -2.05. The monoisotopic (exact) mass is 265 g/mol. The maximum atomic E-state index is 13.1. The summed E-state index contributed by atoms with van der Waals surface area (Å²) >= 11 is 5.66. The van der Waals surface area contributed by atoms with Gasteiger partial charge in [-0.05, 0) is 30.3 Å². The van der Waals surface area contributed by atoms with Crippen LogP contribution in [0, 0.1) is 5.82 Å². The molecule has 2 rings (SSSR count). The zero-order valence-electron chi connectivity index (χ0n) is 9.15. The molecule has 1 aromatic carbocycles. The van der Waals surface area contributed by atoms with Gasteiger partial charge in [-0.25, -0.2) is 9.37 Å². The molecule has 0 aliphatic heterocycles. The van der Waals surface area contributed by atoms with Gasteiger partial charge in [-0.15, -0.1) is 0 Å². The fraction of sp³-hybridized carbons (Fsp3) is 0. The SMILES string of the molecule is Nc1cc(F)cc(NC(=O)c2ccc(Cl)cn2)c1. The Hall–Kier alpha value is -2.14. The van der Waals surface area contributed by atoms with Crippen molar-refractivity contribution in [3.8, 4) is 0 Å². The maximum Gasteiger partial charge on any atom is 0.274 e. The molecule has 4 nitrogen and oxygen atoms in total. The zero-order valence-corrected chi connectivity index (χ0v) is 9.91. The molecule has 0 atom stereocenters. The Balaban J connectivity index is 2.18. The van der Waals surface area contributed by atoms with Crippen LogP contribution in [-0.2, 0) is 0 Å². The largest absolute Gasteiger partial charge is 0.399 e. The second kappa shape index (κ2) is 5.01. The van der Waals surface area contributed by atoms with Crippen LogP contribution in [0.25, 0.3) is 0 Å². The van der Waals surface area contributed by atoms with Gasteiger partial charge in [-0.1, -0.05) is 11.6 Å². The summed E-state index contributed by atoms with van der Waals surface area (Å²) in [5.41, 5.74) is 6.16. The van der Waals surface area contributed by atoms with Crippen molar-refractivity contribution in [3.63, 3.8) is 0 Å². The zero-order chi connectivity index (χ0) is 13.1. The van der Waals surface area contributed by atoms with Crippen LogP contribution in [0.3, 0.4) is 0 Å². The minimum absolute atomic E-state index is 0.183. The molecular formula is C12H9ClFN3O. The Labute approximate surface area is 108 Å². The van der Waals surface area contributed by atoms with E-state index in [2.05, 4.69) is 10.3 Å². The van der Waals surface area contributed by atoms with Crippen molar-refractivity contribution in [3.05, 3.63) is 53.1 Å². The standard InChI is InChI=1S/C12H9ClFN3O/c13-7-1-2-11(16-6-7)12(18)17-10-4-8(14)3-9(15)5-10/h1-6H,15H2,(H,17,18). The van der Waals surface area contributed by atoms with Crippen LogP contribution in [0.15, 0.2) is 36.5 Å². The van der Waals surface area contributed by atoms with E-state index in [4.69, 9.17) is 17.3 Å². The Morgan fingerprint density at radius 1 is 1.33 bits per heavy atom. The van der Waals surface area contributed by atoms with Crippen LogP contribution < -0.4 is 11.1 Å². The van der Waals surface area contributed by atoms with Gasteiger partial charge in [0.05, 0.1) is 5.02 Å². The second-order valence-electron chi connectivity index (χ2n) is 3.59. The van der Waals surface area contributed by atoms with Crippen LogP contribution >= 0.6 is 11.6 Å². The number of nitrogens with one attached hydrogen (secondary N) is 1. The van der Waals surface area contributed by atoms with Crippen molar-refractivity contribution in [2.75, 3.05) is 11.1 Å². The van der Waals surface area contributed by atoms with E-state index >= 15 is 0 Å². The van der Waals surface area contributed by atoms with E-state index in [0.717, 1.165) is 6.07 Å². The number of rotatable bonds is 2. The number of carbonyl (C=O) groups is 1. The number of aromatic nitrogens is 1. The summed E-state index contributed by atoms with van der Waals surface area (Å²) in [6.45, 7) is 0. The molecule has 2 aromatic rings. The smallest absolute Gasteiger partial charge is 0.274 e. The summed E-state index contributed by atoms with van der Waals surface area (Å²) in [6, 6.07) is 6.81. The lowest BCUT2D eigenvalue weighted by Crippen LogP contribution is -2.13. The van der Waals surface area contributed by atoms with Crippen molar-refractivity contribution in [1.82, 2.24) is 4.98 Å². The minimum Gasteiger partial charge on any atom is -0.399 e. The molecule has 92 valence electrons. The molecule has 1 aromatic heterocycles. The average molecular weight is 266 g/mol. The number of hydrogen-bond donors (Lipinski definition) is 2. The first-order valence-electron chi connectivity index (χ1n) is 5.03. The lowest BCUT2D eigenvalue weighted by molar-refractivity contribution is 0.102. The van der Waals surface area contributed by atoms with Gasteiger partial charge in [0.15, 0.2) is 0 Å². The fourth-order valence-corrected chi connectivity index (χ4v) is 1.50. The van der Waals surface area contributed by atoms with Crippen LogP contribution in [-0.4, -0.2) is 10.9 Å². The highest BCUT2D eigenvalue weighted by Crippen LogP contribution is 2.16. The van der Waals surface area contributed by atoms with Crippen molar-refractivity contribution < 1.29 is 9.18 Å². The normalized spacial score (nSPS) is 10.1. The molecule has 1 heterocycles. The molecule has 6 heteroatoms. The average Bonchev–Trinajstić information content (AvgIpc) is 2.28. The number of benzene rings is 1. The highest BCUT2D eigenvalue weighted by atomic mass is 35.5. The van der Waals surface area contributed by atoms with E-state index in [1.807, 2.05) is 0 Å². The van der Waals surface area contributed by atoms with Gasteiger partial charge in [0.2, 0.25) is 0 Å². The van der Waals surface area contributed by atoms with E-state index in [1.54, 1.807) is 6.07 Å². The Morgan fingerprint density at radius 3 is 2.72 bits per heavy atom. The summed E-state index contributed by atoms with van der Waals surface area (Å²) in [5.74, 6) is -0.981. The van der Waals surface area contributed by atoms with E-state index in [9.17, 15) is 9.18 Å². The van der Waals surface area contributed by atoms with Crippen molar-refractivity contribution in [1.29, 1.82) is 0 Å². The van der Waals surface area contributed by atoms with Gasteiger partial charge in [-0.2, -0.15) is 0 Å². The van der Waals surface area contributed by atoms with Gasteiger partial charge in [0.25, 0.3) is 5.91 Å². The molecular weight excluding hydrogens is 257 g/mol. The van der Waals surface area contributed by atoms with Gasteiger partial charge in [-0.3, -0.25) is 4.79 Å². The first-order chi connectivity index (χ1) is 8.54. The molecule has 0 unspecified atom stereocenters. The first kappa shape index (κ1) is 12.3. The highest BCUT2D eigenvalue weighted by Gasteiger charge is 2.08. The number of amides is 1. The number of carbonyl (C=O) groups excluding carboxylic acids is 1. The molecule has 18 heavy (non-hydrogen) atoms. The Kier molecular flexibility index (Phi) is 3.43. The molecule has 0 aliphatic rings. The number of nitrogens with zero attached hydrogens (tertiary/aromatic N) is 1. The van der Waals surface area contributed by atoms with Gasteiger partial charge >= 0.3 is 0 Å².